The van der Waals surface area contributed by atoms with Crippen LogP contribution in [0.3, 0.4) is 0 Å². The third-order valence-electron chi connectivity index (χ3n) is 6.21. The number of piperidine rings is 1. The Hall–Kier alpha value is -2.77. The zero-order valence-electron chi connectivity index (χ0n) is 17.1. The van der Waals surface area contributed by atoms with Crippen LogP contribution < -0.4 is 5.32 Å². The fourth-order valence-corrected chi connectivity index (χ4v) is 4.40. The second-order valence-corrected chi connectivity index (χ2v) is 8.35. The Balaban J connectivity index is 1.24. The molecule has 160 valence electrons. The molecule has 4 rings (SSSR count). The Bertz CT molecular complexity index is 868. The van der Waals surface area contributed by atoms with Gasteiger partial charge in [-0.3, -0.25) is 9.59 Å². The lowest BCUT2D eigenvalue weighted by molar-refractivity contribution is -0.122. The van der Waals surface area contributed by atoms with Gasteiger partial charge in [0.2, 0.25) is 5.91 Å². The molecule has 1 aliphatic carbocycles. The summed E-state index contributed by atoms with van der Waals surface area (Å²) in [5, 5.41) is 11.1. The maximum atomic E-state index is 13.1. The van der Waals surface area contributed by atoms with E-state index in [1.165, 1.54) is 42.5 Å². The molecular formula is C22H28FN5O2. The van der Waals surface area contributed by atoms with Crippen molar-refractivity contribution in [1.29, 1.82) is 0 Å². The number of amides is 2. The third kappa shape index (κ3) is 5.04. The molecule has 30 heavy (non-hydrogen) atoms. The van der Waals surface area contributed by atoms with Crippen molar-refractivity contribution in [2.45, 2.75) is 57.4 Å². The summed E-state index contributed by atoms with van der Waals surface area (Å²) in [6, 6.07) is 5.97. The van der Waals surface area contributed by atoms with E-state index in [0.29, 0.717) is 25.2 Å². The highest BCUT2D eigenvalue weighted by Gasteiger charge is 2.26. The molecule has 1 aliphatic heterocycles. The van der Waals surface area contributed by atoms with E-state index in [1.807, 2.05) is 0 Å². The fraction of sp³-hybridized carbons (Fsp3) is 0.545. The topological polar surface area (TPSA) is 80.1 Å². The van der Waals surface area contributed by atoms with Gasteiger partial charge < -0.3 is 10.2 Å². The first-order chi connectivity index (χ1) is 14.6. The van der Waals surface area contributed by atoms with Gasteiger partial charge in [0.05, 0.1) is 11.9 Å². The molecule has 1 aromatic carbocycles. The van der Waals surface area contributed by atoms with Crippen LogP contribution in [0.1, 0.15) is 61.9 Å². The van der Waals surface area contributed by atoms with Crippen molar-refractivity contribution in [3.63, 3.8) is 0 Å². The highest BCUT2D eigenvalue weighted by atomic mass is 19.1. The van der Waals surface area contributed by atoms with Gasteiger partial charge in [-0.05, 0) is 49.4 Å². The molecule has 1 saturated heterocycles. The lowest BCUT2D eigenvalue weighted by atomic mass is 10.0. The Kier molecular flexibility index (Phi) is 6.40. The second-order valence-electron chi connectivity index (χ2n) is 8.35. The van der Waals surface area contributed by atoms with Gasteiger partial charge in [0, 0.05) is 25.6 Å². The molecule has 8 heteroatoms. The highest BCUT2D eigenvalue weighted by Crippen LogP contribution is 2.28. The van der Waals surface area contributed by atoms with E-state index in [0.717, 1.165) is 25.2 Å². The monoisotopic (exact) mass is 413 g/mol. The molecule has 1 saturated carbocycles. The summed E-state index contributed by atoms with van der Waals surface area (Å²) in [4.78, 5) is 26.7. The quantitative estimate of drug-likeness (QED) is 0.789. The second kappa shape index (κ2) is 9.36. The summed E-state index contributed by atoms with van der Waals surface area (Å²) in [5.41, 5.74) is 0.903. The van der Waals surface area contributed by atoms with Crippen LogP contribution in [0.4, 0.5) is 4.39 Å². The zero-order chi connectivity index (χ0) is 20.9. The van der Waals surface area contributed by atoms with Gasteiger partial charge in [-0.15, -0.1) is 5.10 Å². The molecule has 0 bridgehead atoms. The van der Waals surface area contributed by atoms with E-state index in [-0.39, 0.29) is 29.4 Å². The number of carbonyl (C=O) groups is 2. The van der Waals surface area contributed by atoms with Gasteiger partial charge in [-0.25, -0.2) is 9.07 Å². The number of benzene rings is 1. The van der Waals surface area contributed by atoms with Crippen LogP contribution in [-0.2, 0) is 4.79 Å². The first kappa shape index (κ1) is 20.5. The molecule has 0 spiro atoms. The van der Waals surface area contributed by atoms with Crippen LogP contribution in [0, 0.1) is 11.7 Å². The number of likely N-dealkylation sites (tertiary alicyclic amines) is 1. The molecule has 2 fully saturated rings. The Morgan fingerprint density at radius 2 is 1.77 bits per heavy atom. The molecule has 1 N–H and O–H groups in total. The number of aromatic nitrogens is 3. The fourth-order valence-electron chi connectivity index (χ4n) is 4.40. The normalized spacial score (nSPS) is 18.0. The Morgan fingerprint density at radius 1 is 1.07 bits per heavy atom. The summed E-state index contributed by atoms with van der Waals surface area (Å²) < 4.78 is 14.5. The summed E-state index contributed by atoms with van der Waals surface area (Å²) in [7, 11) is 0. The van der Waals surface area contributed by atoms with Crippen LogP contribution in [-0.4, -0.2) is 50.8 Å². The van der Waals surface area contributed by atoms with Crippen molar-refractivity contribution in [3.8, 4) is 5.69 Å². The number of carbonyl (C=O) groups excluding carboxylic acids is 2. The molecule has 0 atom stereocenters. The SMILES string of the molecule is O=C(CCC1CCCC1)NC1CCN(C(=O)c2cn(-c3ccc(F)cc3)nn2)CC1. The number of hydrogen-bond donors (Lipinski definition) is 1. The standard InChI is InChI=1S/C22H28FN5O2/c23-17-6-8-19(9-7-17)28-15-20(25-26-28)22(30)27-13-11-18(12-14-27)24-21(29)10-5-16-3-1-2-4-16/h6-9,15-16,18H,1-5,10-14H2,(H,24,29). The average Bonchev–Trinajstić information content (AvgIpc) is 3.45. The van der Waals surface area contributed by atoms with E-state index in [1.54, 1.807) is 23.2 Å². The number of nitrogens with zero attached hydrogens (tertiary/aromatic N) is 4. The van der Waals surface area contributed by atoms with Crippen molar-refractivity contribution < 1.29 is 14.0 Å². The van der Waals surface area contributed by atoms with Crippen molar-refractivity contribution in [2.75, 3.05) is 13.1 Å². The van der Waals surface area contributed by atoms with Crippen LogP contribution in [0.2, 0.25) is 0 Å². The first-order valence-corrected chi connectivity index (χ1v) is 10.9. The van der Waals surface area contributed by atoms with E-state index >= 15 is 0 Å². The molecule has 7 nitrogen and oxygen atoms in total. The zero-order valence-corrected chi connectivity index (χ0v) is 17.1. The predicted octanol–water partition coefficient (Wildman–Crippen LogP) is 3.10. The maximum absolute atomic E-state index is 13.1. The van der Waals surface area contributed by atoms with Gasteiger partial charge in [-0.2, -0.15) is 0 Å². The third-order valence-corrected chi connectivity index (χ3v) is 6.21. The lowest BCUT2D eigenvalue weighted by Crippen LogP contribution is -2.46. The minimum absolute atomic E-state index is 0.125. The van der Waals surface area contributed by atoms with Gasteiger partial charge >= 0.3 is 0 Å². The predicted molar refractivity (Wildman–Crippen MR) is 110 cm³/mol. The number of halogens is 1. The first-order valence-electron chi connectivity index (χ1n) is 10.9. The summed E-state index contributed by atoms with van der Waals surface area (Å²) >= 11 is 0. The minimum Gasteiger partial charge on any atom is -0.353 e. The molecule has 2 aromatic rings. The summed E-state index contributed by atoms with van der Waals surface area (Å²) in [6.45, 7) is 1.16. The molecule has 1 aromatic heterocycles. The lowest BCUT2D eigenvalue weighted by Gasteiger charge is -2.32. The van der Waals surface area contributed by atoms with Crippen LogP contribution in [0.15, 0.2) is 30.5 Å². The van der Waals surface area contributed by atoms with Gasteiger partial charge in [-0.1, -0.05) is 30.9 Å². The van der Waals surface area contributed by atoms with E-state index in [4.69, 9.17) is 0 Å². The minimum atomic E-state index is -0.330. The smallest absolute Gasteiger partial charge is 0.276 e. The Morgan fingerprint density at radius 3 is 2.47 bits per heavy atom. The van der Waals surface area contributed by atoms with Crippen molar-refractivity contribution in [3.05, 3.63) is 42.0 Å². The van der Waals surface area contributed by atoms with Gasteiger partial charge in [0.1, 0.15) is 5.82 Å². The largest absolute Gasteiger partial charge is 0.353 e. The van der Waals surface area contributed by atoms with Crippen LogP contribution in [0.25, 0.3) is 5.69 Å². The summed E-state index contributed by atoms with van der Waals surface area (Å²) in [5.74, 6) is 0.352. The van der Waals surface area contributed by atoms with Crippen LogP contribution in [0.5, 0.6) is 0 Å². The average molecular weight is 413 g/mol. The van der Waals surface area contributed by atoms with E-state index in [2.05, 4.69) is 15.6 Å². The molecule has 0 unspecified atom stereocenters. The van der Waals surface area contributed by atoms with Crippen molar-refractivity contribution >= 4 is 11.8 Å². The number of hydrogen-bond acceptors (Lipinski definition) is 4. The number of rotatable bonds is 6. The summed E-state index contributed by atoms with van der Waals surface area (Å²) in [6.07, 6.45) is 9.78. The van der Waals surface area contributed by atoms with Crippen molar-refractivity contribution in [1.82, 2.24) is 25.2 Å². The molecule has 2 heterocycles. The maximum Gasteiger partial charge on any atom is 0.276 e. The molecular weight excluding hydrogens is 385 g/mol. The highest BCUT2D eigenvalue weighted by molar-refractivity contribution is 5.92. The van der Waals surface area contributed by atoms with Gasteiger partial charge in [0.25, 0.3) is 5.91 Å². The van der Waals surface area contributed by atoms with E-state index < -0.39 is 0 Å². The molecule has 0 radical (unpaired) electrons. The van der Waals surface area contributed by atoms with Crippen LogP contribution >= 0.6 is 0 Å². The Labute approximate surface area is 175 Å². The van der Waals surface area contributed by atoms with Crippen molar-refractivity contribution in [2.24, 2.45) is 5.92 Å². The molecule has 2 aliphatic rings. The van der Waals surface area contributed by atoms with E-state index in [9.17, 15) is 14.0 Å². The number of nitrogens with one attached hydrogen (secondary N) is 1. The van der Waals surface area contributed by atoms with Gasteiger partial charge in [0.15, 0.2) is 5.69 Å². The molecule has 2 amide bonds.